The van der Waals surface area contributed by atoms with Gasteiger partial charge in [-0.05, 0) is 51.4 Å². The van der Waals surface area contributed by atoms with E-state index >= 15 is 0 Å². The number of likely N-dealkylation sites (N-methyl/N-ethyl adjacent to an activating group) is 1. The minimum absolute atomic E-state index is 0.0834. The zero-order valence-electron chi connectivity index (χ0n) is 12.4. The molecule has 0 aliphatic carbocycles. The van der Waals surface area contributed by atoms with E-state index in [0.717, 1.165) is 10.2 Å². The Hall–Kier alpha value is -1.17. The van der Waals surface area contributed by atoms with Crippen LogP contribution in [0, 0.1) is 5.82 Å². The van der Waals surface area contributed by atoms with Crippen molar-refractivity contribution in [2.75, 3.05) is 20.6 Å². The highest BCUT2D eigenvalue weighted by Gasteiger charge is 2.19. The fraction of sp³-hybridized carbons (Fsp3) is 0.375. The van der Waals surface area contributed by atoms with Gasteiger partial charge in [-0.3, -0.25) is 4.90 Å². The normalized spacial score (nSPS) is 14.4. The van der Waals surface area contributed by atoms with E-state index in [0.29, 0.717) is 12.1 Å². The molecule has 5 heteroatoms. The smallest absolute Gasteiger partial charge is 0.128 e. The Bertz CT molecular complexity index is 572. The zero-order valence-corrected chi connectivity index (χ0v) is 14.0. The molecule has 1 aromatic carbocycles. The van der Waals surface area contributed by atoms with Gasteiger partial charge in [-0.1, -0.05) is 15.9 Å². The molecule has 2 rings (SSSR count). The first-order valence-corrected chi connectivity index (χ1v) is 7.66. The van der Waals surface area contributed by atoms with Crippen molar-refractivity contribution in [1.29, 1.82) is 0 Å². The number of benzene rings is 1. The Balaban J connectivity index is 2.05. The average Bonchev–Trinajstić information content (AvgIpc) is 2.95. The number of rotatable bonds is 6. The van der Waals surface area contributed by atoms with Crippen LogP contribution >= 0.6 is 15.9 Å². The van der Waals surface area contributed by atoms with Crippen molar-refractivity contribution in [3.05, 3.63) is 58.2 Å². The Morgan fingerprint density at radius 3 is 2.71 bits per heavy atom. The molecule has 0 saturated heterocycles. The van der Waals surface area contributed by atoms with Crippen molar-refractivity contribution in [3.8, 4) is 0 Å². The van der Waals surface area contributed by atoms with Crippen molar-refractivity contribution < 1.29 is 8.81 Å². The molecular formula is C16H20BrFN2O. The van der Waals surface area contributed by atoms with Crippen LogP contribution in [0.5, 0.6) is 0 Å². The van der Waals surface area contributed by atoms with Gasteiger partial charge in [0, 0.05) is 22.6 Å². The molecular weight excluding hydrogens is 335 g/mol. The van der Waals surface area contributed by atoms with Gasteiger partial charge in [0.25, 0.3) is 0 Å². The predicted octanol–water partition coefficient (Wildman–Crippen LogP) is 4.13. The molecule has 2 unspecified atom stereocenters. The van der Waals surface area contributed by atoms with Crippen molar-refractivity contribution in [2.24, 2.45) is 0 Å². The molecule has 0 amide bonds. The SMILES string of the molecule is CC(NCC(c1ccco1)N(C)C)c1cc(Br)ccc1F. The summed E-state index contributed by atoms with van der Waals surface area (Å²) in [4.78, 5) is 2.08. The maximum Gasteiger partial charge on any atom is 0.128 e. The molecule has 0 saturated carbocycles. The van der Waals surface area contributed by atoms with Crippen LogP contribution in [0.4, 0.5) is 4.39 Å². The Morgan fingerprint density at radius 1 is 1.33 bits per heavy atom. The third-order valence-corrected chi connectivity index (χ3v) is 4.03. The zero-order chi connectivity index (χ0) is 15.4. The molecule has 2 aromatic rings. The Labute approximate surface area is 133 Å². The lowest BCUT2D eigenvalue weighted by Crippen LogP contribution is -2.32. The molecule has 21 heavy (non-hydrogen) atoms. The number of halogens is 2. The number of hydrogen-bond donors (Lipinski definition) is 1. The molecule has 0 bridgehead atoms. The second-order valence-corrected chi connectivity index (χ2v) is 6.21. The van der Waals surface area contributed by atoms with Crippen LogP contribution < -0.4 is 5.32 Å². The fourth-order valence-corrected chi connectivity index (χ4v) is 2.64. The first-order chi connectivity index (χ1) is 9.99. The van der Waals surface area contributed by atoms with Crippen LogP contribution in [0.25, 0.3) is 0 Å². The summed E-state index contributed by atoms with van der Waals surface area (Å²) in [6.07, 6.45) is 1.67. The van der Waals surface area contributed by atoms with E-state index in [1.165, 1.54) is 6.07 Å². The minimum Gasteiger partial charge on any atom is -0.468 e. The van der Waals surface area contributed by atoms with Gasteiger partial charge in [0.05, 0.1) is 12.3 Å². The van der Waals surface area contributed by atoms with Gasteiger partial charge in [-0.15, -0.1) is 0 Å². The maximum absolute atomic E-state index is 13.9. The Morgan fingerprint density at radius 2 is 2.10 bits per heavy atom. The number of nitrogens with one attached hydrogen (secondary N) is 1. The van der Waals surface area contributed by atoms with Gasteiger partial charge < -0.3 is 9.73 Å². The second kappa shape index (κ2) is 7.20. The highest BCUT2D eigenvalue weighted by atomic mass is 79.9. The summed E-state index contributed by atoms with van der Waals surface area (Å²) >= 11 is 3.38. The monoisotopic (exact) mass is 354 g/mol. The topological polar surface area (TPSA) is 28.4 Å². The molecule has 0 fully saturated rings. The fourth-order valence-electron chi connectivity index (χ4n) is 2.26. The van der Waals surface area contributed by atoms with Crippen LogP contribution in [0.1, 0.15) is 30.3 Å². The molecule has 3 nitrogen and oxygen atoms in total. The summed E-state index contributed by atoms with van der Waals surface area (Å²) in [7, 11) is 4.00. The first-order valence-electron chi connectivity index (χ1n) is 6.87. The number of nitrogens with zero attached hydrogens (tertiary/aromatic N) is 1. The van der Waals surface area contributed by atoms with Crippen LogP contribution in [0.15, 0.2) is 45.5 Å². The van der Waals surface area contributed by atoms with Crippen LogP contribution in [0.3, 0.4) is 0 Å². The van der Waals surface area contributed by atoms with Crippen LogP contribution in [-0.4, -0.2) is 25.5 Å². The third kappa shape index (κ3) is 4.15. The van der Waals surface area contributed by atoms with Gasteiger partial charge >= 0.3 is 0 Å². The molecule has 2 atom stereocenters. The van der Waals surface area contributed by atoms with Crippen LogP contribution in [-0.2, 0) is 0 Å². The van der Waals surface area contributed by atoms with Crippen molar-refractivity contribution in [1.82, 2.24) is 10.2 Å². The maximum atomic E-state index is 13.9. The molecule has 1 N–H and O–H groups in total. The van der Waals surface area contributed by atoms with Crippen LogP contribution in [0.2, 0.25) is 0 Å². The standard InChI is InChI=1S/C16H20BrFN2O/c1-11(13-9-12(17)6-7-14(13)18)19-10-15(20(2)3)16-5-4-8-21-16/h4-9,11,15,19H,10H2,1-3H3. The van der Waals surface area contributed by atoms with E-state index in [9.17, 15) is 4.39 Å². The van der Waals surface area contributed by atoms with E-state index in [2.05, 4.69) is 26.1 Å². The largest absolute Gasteiger partial charge is 0.468 e. The van der Waals surface area contributed by atoms with Crippen molar-refractivity contribution in [2.45, 2.75) is 19.0 Å². The highest BCUT2D eigenvalue weighted by Crippen LogP contribution is 2.23. The first kappa shape index (κ1) is 16.2. The van der Waals surface area contributed by atoms with Gasteiger partial charge in [0.15, 0.2) is 0 Å². The lowest BCUT2D eigenvalue weighted by Gasteiger charge is -2.25. The molecule has 1 heterocycles. The lowest BCUT2D eigenvalue weighted by molar-refractivity contribution is 0.245. The summed E-state index contributed by atoms with van der Waals surface area (Å²) in [5.74, 6) is 0.701. The van der Waals surface area contributed by atoms with Gasteiger partial charge in [0.2, 0.25) is 0 Å². The van der Waals surface area contributed by atoms with E-state index in [1.54, 1.807) is 12.3 Å². The minimum atomic E-state index is -0.197. The lowest BCUT2D eigenvalue weighted by atomic mass is 10.1. The summed E-state index contributed by atoms with van der Waals surface area (Å²) in [5, 5.41) is 3.37. The third-order valence-electron chi connectivity index (χ3n) is 3.54. The Kier molecular flexibility index (Phi) is 5.56. The van der Waals surface area contributed by atoms with E-state index < -0.39 is 0 Å². The van der Waals surface area contributed by atoms with E-state index in [4.69, 9.17) is 4.42 Å². The molecule has 0 aliphatic heterocycles. The molecule has 0 aliphatic rings. The highest BCUT2D eigenvalue weighted by molar-refractivity contribution is 9.10. The quantitative estimate of drug-likeness (QED) is 0.845. The van der Waals surface area contributed by atoms with Gasteiger partial charge in [-0.25, -0.2) is 4.39 Å². The average molecular weight is 355 g/mol. The second-order valence-electron chi connectivity index (χ2n) is 5.29. The van der Waals surface area contributed by atoms with Crippen molar-refractivity contribution in [3.63, 3.8) is 0 Å². The molecule has 0 spiro atoms. The number of furan rings is 1. The number of hydrogen-bond acceptors (Lipinski definition) is 3. The molecule has 1 aromatic heterocycles. The summed E-state index contributed by atoms with van der Waals surface area (Å²) < 4.78 is 20.2. The summed E-state index contributed by atoms with van der Waals surface area (Å²) in [6, 6.07) is 8.85. The predicted molar refractivity (Wildman–Crippen MR) is 85.7 cm³/mol. The van der Waals surface area contributed by atoms with E-state index in [-0.39, 0.29) is 17.9 Å². The van der Waals surface area contributed by atoms with Crippen molar-refractivity contribution >= 4 is 15.9 Å². The van der Waals surface area contributed by atoms with E-state index in [1.807, 2.05) is 39.2 Å². The summed E-state index contributed by atoms with van der Waals surface area (Å²) in [5.41, 5.74) is 0.654. The molecule has 0 radical (unpaired) electrons. The van der Waals surface area contributed by atoms with Gasteiger partial charge in [-0.2, -0.15) is 0 Å². The molecule has 114 valence electrons. The van der Waals surface area contributed by atoms with Gasteiger partial charge in [0.1, 0.15) is 11.6 Å². The summed E-state index contributed by atoms with van der Waals surface area (Å²) in [6.45, 7) is 2.63.